The van der Waals surface area contributed by atoms with Gasteiger partial charge in [0.1, 0.15) is 0 Å². The molecule has 0 unspecified atom stereocenters. The quantitative estimate of drug-likeness (QED) is 0.724. The first-order valence-corrected chi connectivity index (χ1v) is 7.77. The van der Waals surface area contributed by atoms with Gasteiger partial charge in [-0.15, -0.1) is 0 Å². The molecule has 0 atom stereocenters. The van der Waals surface area contributed by atoms with Crippen LogP contribution in [-0.2, 0) is 0 Å². The SMILES string of the molecule is CCCNc1nc(NCCCN2CCCC2)c(F)cc1F. The summed E-state index contributed by atoms with van der Waals surface area (Å²) in [7, 11) is 0. The van der Waals surface area contributed by atoms with Gasteiger partial charge in [-0.2, -0.15) is 0 Å². The van der Waals surface area contributed by atoms with E-state index in [1.807, 2.05) is 6.92 Å². The summed E-state index contributed by atoms with van der Waals surface area (Å²) < 4.78 is 27.2. The third kappa shape index (κ3) is 4.81. The van der Waals surface area contributed by atoms with E-state index in [-0.39, 0.29) is 11.6 Å². The summed E-state index contributed by atoms with van der Waals surface area (Å²) in [4.78, 5) is 6.40. The van der Waals surface area contributed by atoms with Crippen molar-refractivity contribution in [3.63, 3.8) is 0 Å². The third-order valence-electron chi connectivity index (χ3n) is 3.61. The van der Waals surface area contributed by atoms with Gasteiger partial charge in [0.05, 0.1) is 0 Å². The maximum absolute atomic E-state index is 13.7. The van der Waals surface area contributed by atoms with Crippen LogP contribution in [0.1, 0.15) is 32.6 Å². The van der Waals surface area contributed by atoms with Gasteiger partial charge in [0.15, 0.2) is 23.3 Å². The molecule has 1 aromatic rings. The van der Waals surface area contributed by atoms with Gasteiger partial charge in [-0.3, -0.25) is 0 Å². The van der Waals surface area contributed by atoms with E-state index in [1.54, 1.807) is 0 Å². The van der Waals surface area contributed by atoms with Gasteiger partial charge in [-0.05, 0) is 45.3 Å². The summed E-state index contributed by atoms with van der Waals surface area (Å²) in [6.45, 7) is 6.56. The van der Waals surface area contributed by atoms with E-state index < -0.39 is 11.6 Å². The number of aromatic nitrogens is 1. The Bertz CT molecular complexity index is 448. The number of hydrogen-bond acceptors (Lipinski definition) is 4. The molecule has 118 valence electrons. The van der Waals surface area contributed by atoms with Gasteiger partial charge in [0.2, 0.25) is 0 Å². The molecule has 0 bridgehead atoms. The van der Waals surface area contributed by atoms with Gasteiger partial charge in [-0.25, -0.2) is 13.8 Å². The van der Waals surface area contributed by atoms with Crippen LogP contribution in [0.5, 0.6) is 0 Å². The summed E-state index contributed by atoms with van der Waals surface area (Å²) >= 11 is 0. The first-order valence-electron chi connectivity index (χ1n) is 7.77. The predicted molar refractivity (Wildman–Crippen MR) is 81.7 cm³/mol. The standard InChI is InChI=1S/C15H24F2N4/c1-2-6-18-14-12(16)11-13(17)15(20-14)19-7-5-10-21-8-3-4-9-21/h11H,2-10H2,1H3,(H2,18,19,20). The summed E-state index contributed by atoms with van der Waals surface area (Å²) in [5.74, 6) is -1.06. The third-order valence-corrected chi connectivity index (χ3v) is 3.61. The topological polar surface area (TPSA) is 40.2 Å². The number of rotatable bonds is 8. The molecule has 2 N–H and O–H groups in total. The van der Waals surface area contributed by atoms with Crippen molar-refractivity contribution in [1.82, 2.24) is 9.88 Å². The Morgan fingerprint density at radius 1 is 1.10 bits per heavy atom. The van der Waals surface area contributed by atoms with Gasteiger partial charge < -0.3 is 15.5 Å². The first-order chi connectivity index (χ1) is 10.2. The molecular formula is C15H24F2N4. The minimum atomic E-state index is -0.649. The van der Waals surface area contributed by atoms with E-state index in [0.717, 1.165) is 38.5 Å². The molecule has 2 rings (SSSR count). The number of halogens is 2. The number of hydrogen-bond donors (Lipinski definition) is 2. The van der Waals surface area contributed by atoms with Gasteiger partial charge in [-0.1, -0.05) is 6.92 Å². The zero-order valence-corrected chi connectivity index (χ0v) is 12.6. The fraction of sp³-hybridized carbons (Fsp3) is 0.667. The highest BCUT2D eigenvalue weighted by Crippen LogP contribution is 2.19. The predicted octanol–water partition coefficient (Wildman–Crippen LogP) is 3.08. The molecule has 21 heavy (non-hydrogen) atoms. The number of likely N-dealkylation sites (tertiary alicyclic amines) is 1. The lowest BCUT2D eigenvalue weighted by Crippen LogP contribution is -2.22. The molecule has 1 aliphatic heterocycles. The minimum Gasteiger partial charge on any atom is -0.368 e. The highest BCUT2D eigenvalue weighted by atomic mass is 19.1. The fourth-order valence-electron chi connectivity index (χ4n) is 2.47. The Hall–Kier alpha value is -1.43. The molecule has 0 radical (unpaired) electrons. The van der Waals surface area contributed by atoms with Crippen LogP contribution in [-0.4, -0.2) is 42.6 Å². The lowest BCUT2D eigenvalue weighted by Gasteiger charge is -2.15. The molecule has 0 saturated carbocycles. The Balaban J connectivity index is 1.83. The monoisotopic (exact) mass is 298 g/mol. The second-order valence-corrected chi connectivity index (χ2v) is 5.41. The van der Waals surface area contributed by atoms with Gasteiger partial charge in [0.25, 0.3) is 0 Å². The normalized spacial score (nSPS) is 15.4. The molecule has 0 amide bonds. The van der Waals surface area contributed by atoms with Crippen LogP contribution in [0, 0.1) is 11.6 Å². The summed E-state index contributed by atoms with van der Waals surface area (Å²) in [5, 5.41) is 5.83. The van der Waals surface area contributed by atoms with Crippen LogP contribution < -0.4 is 10.6 Å². The zero-order chi connectivity index (χ0) is 15.1. The molecule has 4 nitrogen and oxygen atoms in total. The van der Waals surface area contributed by atoms with E-state index in [9.17, 15) is 8.78 Å². The molecule has 1 fully saturated rings. The summed E-state index contributed by atoms with van der Waals surface area (Å²) in [5.41, 5.74) is 0. The van der Waals surface area contributed by atoms with Crippen molar-refractivity contribution in [2.24, 2.45) is 0 Å². The smallest absolute Gasteiger partial charge is 0.168 e. The molecule has 1 saturated heterocycles. The molecule has 2 heterocycles. The second kappa shape index (κ2) is 8.12. The molecular weight excluding hydrogens is 274 g/mol. The van der Waals surface area contributed by atoms with Gasteiger partial charge in [0, 0.05) is 19.2 Å². The van der Waals surface area contributed by atoms with Crippen LogP contribution in [0.4, 0.5) is 20.4 Å². The van der Waals surface area contributed by atoms with E-state index in [1.165, 1.54) is 12.8 Å². The number of nitrogens with zero attached hydrogens (tertiary/aromatic N) is 2. The number of pyridine rings is 1. The van der Waals surface area contributed by atoms with Crippen molar-refractivity contribution in [2.45, 2.75) is 32.6 Å². The maximum Gasteiger partial charge on any atom is 0.168 e. The first kappa shape index (κ1) is 15.9. The molecule has 6 heteroatoms. The van der Waals surface area contributed by atoms with Crippen molar-refractivity contribution >= 4 is 11.6 Å². The van der Waals surface area contributed by atoms with Crippen molar-refractivity contribution < 1.29 is 8.78 Å². The molecule has 0 aliphatic carbocycles. The number of nitrogens with one attached hydrogen (secondary N) is 2. The molecule has 1 aliphatic rings. The van der Waals surface area contributed by atoms with E-state index in [0.29, 0.717) is 13.1 Å². The summed E-state index contributed by atoms with van der Waals surface area (Å²) in [6.07, 6.45) is 4.33. The molecule has 0 aromatic carbocycles. The van der Waals surface area contributed by atoms with Crippen LogP contribution in [0.25, 0.3) is 0 Å². The van der Waals surface area contributed by atoms with E-state index in [4.69, 9.17) is 0 Å². The maximum atomic E-state index is 13.7. The van der Waals surface area contributed by atoms with Crippen molar-refractivity contribution in [3.05, 3.63) is 17.7 Å². The van der Waals surface area contributed by atoms with Crippen LogP contribution >= 0.6 is 0 Å². The summed E-state index contributed by atoms with van der Waals surface area (Å²) in [6, 6.07) is 0.883. The average Bonchev–Trinajstić information content (AvgIpc) is 2.97. The van der Waals surface area contributed by atoms with Crippen LogP contribution in [0.3, 0.4) is 0 Å². The minimum absolute atomic E-state index is 0.111. The lowest BCUT2D eigenvalue weighted by atomic mass is 10.3. The Labute approximate surface area is 124 Å². The highest BCUT2D eigenvalue weighted by Gasteiger charge is 2.12. The van der Waals surface area contributed by atoms with Crippen LogP contribution in [0.15, 0.2) is 6.07 Å². The largest absolute Gasteiger partial charge is 0.368 e. The lowest BCUT2D eigenvalue weighted by molar-refractivity contribution is 0.337. The Morgan fingerprint density at radius 2 is 1.71 bits per heavy atom. The van der Waals surface area contributed by atoms with Crippen molar-refractivity contribution in [1.29, 1.82) is 0 Å². The fourth-order valence-corrected chi connectivity index (χ4v) is 2.47. The van der Waals surface area contributed by atoms with Gasteiger partial charge >= 0.3 is 0 Å². The Kier molecular flexibility index (Phi) is 6.17. The molecule has 1 aromatic heterocycles. The van der Waals surface area contributed by atoms with E-state index in [2.05, 4.69) is 20.5 Å². The molecule has 0 spiro atoms. The Morgan fingerprint density at radius 3 is 2.33 bits per heavy atom. The zero-order valence-electron chi connectivity index (χ0n) is 12.6. The van der Waals surface area contributed by atoms with Crippen molar-refractivity contribution in [2.75, 3.05) is 43.4 Å². The number of anilines is 2. The average molecular weight is 298 g/mol. The van der Waals surface area contributed by atoms with E-state index >= 15 is 0 Å². The van der Waals surface area contributed by atoms with Crippen molar-refractivity contribution in [3.8, 4) is 0 Å². The second-order valence-electron chi connectivity index (χ2n) is 5.41. The van der Waals surface area contributed by atoms with Crippen LogP contribution in [0.2, 0.25) is 0 Å². The highest BCUT2D eigenvalue weighted by molar-refractivity contribution is 5.47.